The minimum Gasteiger partial charge on any atom is -1.00 e. The monoisotopic (exact) mass is 262 g/mol. The van der Waals surface area contributed by atoms with Crippen LogP contribution in [0.3, 0.4) is 0 Å². The van der Waals surface area contributed by atoms with Gasteiger partial charge in [-0.2, -0.15) is 5.01 Å². The van der Waals surface area contributed by atoms with Gasteiger partial charge < -0.3 is 12.4 Å². The summed E-state index contributed by atoms with van der Waals surface area (Å²) in [6.07, 6.45) is 8.33. The number of hydrogen-bond acceptors (Lipinski definition) is 3. The van der Waals surface area contributed by atoms with Gasteiger partial charge in [-0.25, -0.2) is 10.9 Å². The molecule has 0 fully saturated rings. The van der Waals surface area contributed by atoms with Crippen molar-refractivity contribution in [3.63, 3.8) is 0 Å². The first kappa shape index (κ1) is 16.7. The second-order valence-corrected chi connectivity index (χ2v) is 4.75. The van der Waals surface area contributed by atoms with Gasteiger partial charge in [0.05, 0.1) is 0 Å². The molecule has 102 valence electrons. The van der Waals surface area contributed by atoms with Crippen LogP contribution in [0, 0.1) is 0 Å². The molecule has 2 unspecified atom stereocenters. The van der Waals surface area contributed by atoms with Gasteiger partial charge in [-0.05, 0) is 12.8 Å². The Hall–Kier alpha value is -0.320. The van der Waals surface area contributed by atoms with Crippen molar-refractivity contribution in [3.8, 4) is 0 Å². The molecule has 1 heterocycles. The van der Waals surface area contributed by atoms with Gasteiger partial charge >= 0.3 is 0 Å². The van der Waals surface area contributed by atoms with E-state index >= 15 is 0 Å². The highest BCUT2D eigenvalue weighted by Gasteiger charge is 2.30. The lowest BCUT2D eigenvalue weighted by molar-refractivity contribution is -0.932. The third kappa shape index (κ3) is 5.23. The molecule has 0 saturated heterocycles. The molecule has 0 aromatic carbocycles. The first-order valence-corrected chi connectivity index (χ1v) is 6.61. The highest BCUT2D eigenvalue weighted by atomic mass is 35.5. The SMILES string of the molecule is CCCCCCCC[NH+]1N=C(C)N(N)C1C.[Cl-]. The van der Waals surface area contributed by atoms with Crippen LogP contribution in [-0.2, 0) is 0 Å². The second-order valence-electron chi connectivity index (χ2n) is 4.75. The molecule has 2 atom stereocenters. The molecular weight excluding hydrogens is 236 g/mol. The zero-order valence-electron chi connectivity index (χ0n) is 11.4. The van der Waals surface area contributed by atoms with Crippen LogP contribution in [0.4, 0.5) is 0 Å². The van der Waals surface area contributed by atoms with Gasteiger partial charge in [0.15, 0.2) is 12.0 Å². The number of hydrogen-bond donors (Lipinski definition) is 2. The minimum absolute atomic E-state index is 0. The molecule has 3 N–H and O–H groups in total. The predicted molar refractivity (Wildman–Crippen MR) is 67.8 cm³/mol. The van der Waals surface area contributed by atoms with Gasteiger partial charge in [-0.15, -0.1) is 0 Å². The lowest BCUT2D eigenvalue weighted by Crippen LogP contribution is -3.11. The Balaban J connectivity index is 0.00000256. The summed E-state index contributed by atoms with van der Waals surface area (Å²) in [6.45, 7) is 7.47. The molecule has 17 heavy (non-hydrogen) atoms. The molecular formula is C12H27ClN4. The van der Waals surface area contributed by atoms with Crippen molar-refractivity contribution in [2.24, 2.45) is 10.9 Å². The number of nitrogens with zero attached hydrogens (tertiary/aromatic N) is 2. The molecule has 4 nitrogen and oxygen atoms in total. The van der Waals surface area contributed by atoms with E-state index in [1.165, 1.54) is 43.5 Å². The Bertz CT molecular complexity index is 233. The highest BCUT2D eigenvalue weighted by Crippen LogP contribution is 2.04. The number of hydrazine groups is 1. The fourth-order valence-electron chi connectivity index (χ4n) is 2.15. The predicted octanol–water partition coefficient (Wildman–Crippen LogP) is -1.90. The molecule has 5 heteroatoms. The molecule has 0 aromatic rings. The van der Waals surface area contributed by atoms with Crippen LogP contribution in [0.5, 0.6) is 0 Å². The fourth-order valence-corrected chi connectivity index (χ4v) is 2.15. The zero-order chi connectivity index (χ0) is 12.0. The molecule has 1 rings (SSSR count). The van der Waals surface area contributed by atoms with E-state index in [4.69, 9.17) is 5.84 Å². The largest absolute Gasteiger partial charge is 1.00 e. The Morgan fingerprint density at radius 3 is 2.35 bits per heavy atom. The first-order valence-electron chi connectivity index (χ1n) is 6.61. The molecule has 0 bridgehead atoms. The maximum atomic E-state index is 5.86. The van der Waals surface area contributed by atoms with Crippen LogP contribution < -0.4 is 23.3 Å². The number of nitrogens with one attached hydrogen (secondary N) is 1. The summed E-state index contributed by atoms with van der Waals surface area (Å²) in [5.41, 5.74) is 0. The summed E-state index contributed by atoms with van der Waals surface area (Å²) in [4.78, 5) is 0. The van der Waals surface area contributed by atoms with Crippen molar-refractivity contribution in [2.45, 2.75) is 65.5 Å². The Morgan fingerprint density at radius 2 is 1.82 bits per heavy atom. The topological polar surface area (TPSA) is 46.1 Å². The lowest BCUT2D eigenvalue weighted by Gasteiger charge is -2.18. The van der Waals surface area contributed by atoms with Crippen molar-refractivity contribution in [3.05, 3.63) is 0 Å². The lowest BCUT2D eigenvalue weighted by atomic mass is 10.1. The third-order valence-corrected chi connectivity index (χ3v) is 3.37. The standard InChI is InChI=1S/C12H26N4.ClH/c1-4-5-6-7-8-9-10-15-12(3)16(13)11(2)14-15;/h12H,4-10,13H2,1-3H3;1H. The van der Waals surface area contributed by atoms with Crippen molar-refractivity contribution < 1.29 is 17.4 Å². The van der Waals surface area contributed by atoms with E-state index in [1.54, 1.807) is 5.01 Å². The quantitative estimate of drug-likeness (QED) is 0.416. The van der Waals surface area contributed by atoms with Crippen LogP contribution in [-0.4, -0.2) is 23.6 Å². The van der Waals surface area contributed by atoms with Gasteiger partial charge in [0.2, 0.25) is 0 Å². The molecule has 0 saturated carbocycles. The van der Waals surface area contributed by atoms with Crippen molar-refractivity contribution >= 4 is 5.84 Å². The normalized spacial score (nSPS) is 23.5. The fraction of sp³-hybridized carbons (Fsp3) is 0.917. The number of rotatable bonds is 7. The molecule has 0 aliphatic carbocycles. The minimum atomic E-state index is 0. The molecule has 1 aliphatic rings. The van der Waals surface area contributed by atoms with Gasteiger partial charge in [0.25, 0.3) is 0 Å². The van der Waals surface area contributed by atoms with Crippen LogP contribution in [0.1, 0.15) is 59.3 Å². The van der Waals surface area contributed by atoms with Gasteiger partial charge in [0.1, 0.15) is 6.54 Å². The zero-order valence-corrected chi connectivity index (χ0v) is 12.1. The van der Waals surface area contributed by atoms with Gasteiger partial charge in [-0.3, -0.25) is 0 Å². The van der Waals surface area contributed by atoms with E-state index in [1.807, 2.05) is 6.92 Å². The smallest absolute Gasteiger partial charge is 0.199 e. The number of nitrogens with two attached hydrogens (primary N) is 1. The Labute approximate surface area is 112 Å². The number of halogens is 1. The molecule has 0 radical (unpaired) electrons. The van der Waals surface area contributed by atoms with Gasteiger partial charge in [0, 0.05) is 13.8 Å². The van der Waals surface area contributed by atoms with E-state index in [-0.39, 0.29) is 12.4 Å². The van der Waals surface area contributed by atoms with Crippen LogP contribution in [0.2, 0.25) is 0 Å². The summed E-state index contributed by atoms with van der Waals surface area (Å²) in [5.74, 6) is 6.82. The van der Waals surface area contributed by atoms with E-state index in [9.17, 15) is 0 Å². The number of amidine groups is 1. The van der Waals surface area contributed by atoms with Crippen molar-refractivity contribution in [1.82, 2.24) is 5.01 Å². The summed E-state index contributed by atoms with van der Waals surface area (Å²) in [6, 6.07) is 0. The average Bonchev–Trinajstić information content (AvgIpc) is 2.51. The summed E-state index contributed by atoms with van der Waals surface area (Å²) < 4.78 is 0. The average molecular weight is 263 g/mol. The van der Waals surface area contributed by atoms with E-state index < -0.39 is 0 Å². The number of unbranched alkanes of at least 4 members (excludes halogenated alkanes) is 5. The maximum absolute atomic E-state index is 5.86. The van der Waals surface area contributed by atoms with Crippen LogP contribution in [0.15, 0.2) is 5.10 Å². The third-order valence-electron chi connectivity index (χ3n) is 3.37. The van der Waals surface area contributed by atoms with Gasteiger partial charge in [-0.1, -0.05) is 37.7 Å². The molecule has 1 aliphatic heterocycles. The molecule has 0 amide bonds. The van der Waals surface area contributed by atoms with E-state index in [0.717, 1.165) is 12.4 Å². The van der Waals surface area contributed by atoms with E-state index in [0.29, 0.717) is 6.17 Å². The highest BCUT2D eigenvalue weighted by molar-refractivity contribution is 5.79. The molecule has 0 aromatic heterocycles. The van der Waals surface area contributed by atoms with Crippen molar-refractivity contribution in [2.75, 3.05) is 6.54 Å². The summed E-state index contributed by atoms with van der Waals surface area (Å²) in [7, 11) is 0. The Morgan fingerprint density at radius 1 is 1.24 bits per heavy atom. The van der Waals surface area contributed by atoms with Crippen molar-refractivity contribution in [1.29, 1.82) is 0 Å². The molecule has 0 spiro atoms. The second kappa shape index (κ2) is 8.72. The summed E-state index contributed by atoms with van der Waals surface area (Å²) >= 11 is 0. The van der Waals surface area contributed by atoms with Crippen LogP contribution >= 0.6 is 0 Å². The summed E-state index contributed by atoms with van der Waals surface area (Å²) in [5, 5.41) is 7.55. The van der Waals surface area contributed by atoms with E-state index in [2.05, 4.69) is 18.9 Å². The first-order chi connectivity index (χ1) is 7.66. The maximum Gasteiger partial charge on any atom is 0.199 e. The van der Waals surface area contributed by atoms with Crippen LogP contribution in [0.25, 0.3) is 0 Å². The Kier molecular flexibility index (Phi) is 8.56. The number of quaternary nitrogens is 1.